The van der Waals surface area contributed by atoms with Crippen LogP contribution in [-0.2, 0) is 0 Å². The number of carbonyl (C=O) groups excluding carboxylic acids is 1. The van der Waals surface area contributed by atoms with E-state index in [-0.39, 0.29) is 5.91 Å². The van der Waals surface area contributed by atoms with E-state index in [9.17, 15) is 4.79 Å². The zero-order chi connectivity index (χ0) is 18.2. The number of benzene rings is 1. The summed E-state index contributed by atoms with van der Waals surface area (Å²) in [6, 6.07) is 11.0. The predicted molar refractivity (Wildman–Crippen MR) is 105 cm³/mol. The maximum atomic E-state index is 12.7. The first-order valence-corrected chi connectivity index (χ1v) is 9.49. The molecule has 3 rings (SSSR count). The van der Waals surface area contributed by atoms with Gasteiger partial charge in [-0.25, -0.2) is 4.98 Å². The van der Waals surface area contributed by atoms with Gasteiger partial charge >= 0.3 is 0 Å². The second kappa shape index (κ2) is 9.22. The second-order valence-electron chi connectivity index (χ2n) is 6.70. The van der Waals surface area contributed by atoms with Gasteiger partial charge in [0.25, 0.3) is 5.91 Å². The standard InChI is InChI=1S/C21H27N3O2/c1-2-26-18-12-10-17(11-13-18)24-21(25)19-9-6-14-22-20(19)23-15-16-7-4-3-5-8-16/h6,9-14,16H,2-5,7-8,15H2,1H3,(H,22,23)(H,24,25). The highest BCUT2D eigenvalue weighted by Crippen LogP contribution is 2.24. The largest absolute Gasteiger partial charge is 0.494 e. The Morgan fingerprint density at radius 1 is 1.15 bits per heavy atom. The first kappa shape index (κ1) is 18.2. The Morgan fingerprint density at radius 2 is 1.92 bits per heavy atom. The SMILES string of the molecule is CCOc1ccc(NC(=O)c2cccnc2NCC2CCCCC2)cc1. The van der Waals surface area contributed by atoms with Gasteiger partial charge in [-0.15, -0.1) is 0 Å². The van der Waals surface area contributed by atoms with Crippen LogP contribution < -0.4 is 15.4 Å². The summed E-state index contributed by atoms with van der Waals surface area (Å²) in [6.45, 7) is 3.44. The average Bonchev–Trinajstić information content (AvgIpc) is 2.69. The number of nitrogens with one attached hydrogen (secondary N) is 2. The van der Waals surface area contributed by atoms with Crippen molar-refractivity contribution >= 4 is 17.4 Å². The molecule has 5 heteroatoms. The third-order valence-corrected chi connectivity index (χ3v) is 4.76. The zero-order valence-corrected chi connectivity index (χ0v) is 15.3. The minimum atomic E-state index is -0.159. The number of nitrogens with zero attached hydrogens (tertiary/aromatic N) is 1. The molecule has 0 saturated heterocycles. The lowest BCUT2D eigenvalue weighted by molar-refractivity contribution is 0.102. The molecular weight excluding hydrogens is 326 g/mol. The van der Waals surface area contributed by atoms with E-state index in [0.29, 0.717) is 23.9 Å². The lowest BCUT2D eigenvalue weighted by atomic mass is 9.89. The maximum absolute atomic E-state index is 12.7. The number of amides is 1. The van der Waals surface area contributed by atoms with E-state index in [4.69, 9.17) is 4.74 Å². The Hall–Kier alpha value is -2.56. The van der Waals surface area contributed by atoms with Crippen molar-refractivity contribution in [2.75, 3.05) is 23.8 Å². The van der Waals surface area contributed by atoms with Gasteiger partial charge in [-0.2, -0.15) is 0 Å². The molecule has 0 atom stereocenters. The molecule has 1 amide bonds. The molecule has 0 radical (unpaired) electrons. The number of pyridine rings is 1. The van der Waals surface area contributed by atoms with Gasteiger partial charge in [-0.1, -0.05) is 19.3 Å². The fourth-order valence-electron chi connectivity index (χ4n) is 3.36. The van der Waals surface area contributed by atoms with Gasteiger partial charge in [0.2, 0.25) is 0 Å². The Balaban J connectivity index is 1.63. The van der Waals surface area contributed by atoms with Crippen molar-refractivity contribution < 1.29 is 9.53 Å². The third-order valence-electron chi connectivity index (χ3n) is 4.76. The summed E-state index contributed by atoms with van der Waals surface area (Å²) in [5.74, 6) is 1.96. The second-order valence-corrected chi connectivity index (χ2v) is 6.70. The van der Waals surface area contributed by atoms with Crippen LogP contribution in [0.15, 0.2) is 42.6 Å². The van der Waals surface area contributed by atoms with Crippen LogP contribution in [0.3, 0.4) is 0 Å². The fourth-order valence-corrected chi connectivity index (χ4v) is 3.36. The number of aromatic nitrogens is 1. The van der Waals surface area contributed by atoms with E-state index in [1.54, 1.807) is 18.3 Å². The summed E-state index contributed by atoms with van der Waals surface area (Å²) in [5.41, 5.74) is 1.30. The monoisotopic (exact) mass is 353 g/mol. The van der Waals surface area contributed by atoms with E-state index in [2.05, 4.69) is 15.6 Å². The van der Waals surface area contributed by atoms with Crippen molar-refractivity contribution in [1.82, 2.24) is 4.98 Å². The Bertz CT molecular complexity index is 709. The predicted octanol–water partition coefficient (Wildman–Crippen LogP) is 4.72. The molecule has 138 valence electrons. The zero-order valence-electron chi connectivity index (χ0n) is 15.3. The molecule has 1 aromatic carbocycles. The molecule has 1 aliphatic carbocycles. The Labute approximate surface area is 155 Å². The van der Waals surface area contributed by atoms with Crippen LogP contribution in [0.2, 0.25) is 0 Å². The first-order chi connectivity index (χ1) is 12.8. The van der Waals surface area contributed by atoms with Crippen molar-refractivity contribution in [3.63, 3.8) is 0 Å². The summed E-state index contributed by atoms with van der Waals surface area (Å²) < 4.78 is 5.43. The first-order valence-electron chi connectivity index (χ1n) is 9.49. The summed E-state index contributed by atoms with van der Waals surface area (Å²) in [7, 11) is 0. The lowest BCUT2D eigenvalue weighted by Gasteiger charge is -2.22. The minimum absolute atomic E-state index is 0.159. The molecule has 1 fully saturated rings. The van der Waals surface area contributed by atoms with E-state index in [0.717, 1.165) is 18.0 Å². The molecule has 5 nitrogen and oxygen atoms in total. The van der Waals surface area contributed by atoms with Crippen LogP contribution in [0, 0.1) is 5.92 Å². The van der Waals surface area contributed by atoms with Gasteiger partial charge in [0.1, 0.15) is 11.6 Å². The lowest BCUT2D eigenvalue weighted by Crippen LogP contribution is -2.20. The summed E-state index contributed by atoms with van der Waals surface area (Å²) in [5, 5.41) is 6.31. The van der Waals surface area contributed by atoms with Crippen LogP contribution in [0.4, 0.5) is 11.5 Å². The van der Waals surface area contributed by atoms with Crippen LogP contribution in [0.1, 0.15) is 49.4 Å². The maximum Gasteiger partial charge on any atom is 0.259 e. The molecule has 26 heavy (non-hydrogen) atoms. The third kappa shape index (κ3) is 4.97. The summed E-state index contributed by atoms with van der Waals surface area (Å²) in [6.07, 6.45) is 8.19. The van der Waals surface area contributed by atoms with E-state index < -0.39 is 0 Å². The van der Waals surface area contributed by atoms with Crippen LogP contribution in [0.5, 0.6) is 5.75 Å². The number of ether oxygens (including phenoxy) is 1. The van der Waals surface area contributed by atoms with Crippen LogP contribution in [0.25, 0.3) is 0 Å². The normalized spacial score (nSPS) is 14.7. The van der Waals surface area contributed by atoms with E-state index in [1.807, 2.05) is 31.2 Å². The fraction of sp³-hybridized carbons (Fsp3) is 0.429. The van der Waals surface area contributed by atoms with Gasteiger partial charge in [0.05, 0.1) is 12.2 Å². The Kier molecular flexibility index (Phi) is 6.47. The van der Waals surface area contributed by atoms with Crippen molar-refractivity contribution in [3.05, 3.63) is 48.2 Å². The van der Waals surface area contributed by atoms with E-state index >= 15 is 0 Å². The molecule has 1 aliphatic rings. The number of rotatable bonds is 7. The average molecular weight is 353 g/mol. The van der Waals surface area contributed by atoms with Crippen molar-refractivity contribution in [1.29, 1.82) is 0 Å². The van der Waals surface area contributed by atoms with Crippen LogP contribution >= 0.6 is 0 Å². The molecular formula is C21H27N3O2. The molecule has 0 aliphatic heterocycles. The summed E-state index contributed by atoms with van der Waals surface area (Å²) >= 11 is 0. The number of carbonyl (C=O) groups is 1. The van der Waals surface area contributed by atoms with Crippen LogP contribution in [-0.4, -0.2) is 24.0 Å². The number of hydrogen-bond donors (Lipinski definition) is 2. The van der Waals surface area contributed by atoms with Crippen molar-refractivity contribution in [2.24, 2.45) is 5.92 Å². The molecule has 1 aromatic heterocycles. The molecule has 2 aromatic rings. The highest BCUT2D eigenvalue weighted by Gasteiger charge is 2.16. The molecule has 2 N–H and O–H groups in total. The van der Waals surface area contributed by atoms with Crippen molar-refractivity contribution in [2.45, 2.75) is 39.0 Å². The van der Waals surface area contributed by atoms with Gasteiger partial charge in [0, 0.05) is 18.4 Å². The highest BCUT2D eigenvalue weighted by atomic mass is 16.5. The van der Waals surface area contributed by atoms with Crippen molar-refractivity contribution in [3.8, 4) is 5.75 Å². The molecule has 1 heterocycles. The van der Waals surface area contributed by atoms with Gasteiger partial charge in [-0.05, 0) is 62.1 Å². The highest BCUT2D eigenvalue weighted by molar-refractivity contribution is 6.07. The minimum Gasteiger partial charge on any atom is -0.494 e. The van der Waals surface area contributed by atoms with E-state index in [1.165, 1.54) is 32.1 Å². The van der Waals surface area contributed by atoms with Gasteiger partial charge in [0.15, 0.2) is 0 Å². The molecule has 0 unspecified atom stereocenters. The molecule has 0 bridgehead atoms. The Morgan fingerprint density at radius 3 is 2.65 bits per heavy atom. The molecule has 1 saturated carbocycles. The summed E-state index contributed by atoms with van der Waals surface area (Å²) in [4.78, 5) is 17.0. The van der Waals surface area contributed by atoms with Gasteiger partial charge in [-0.3, -0.25) is 4.79 Å². The quantitative estimate of drug-likeness (QED) is 0.756. The number of hydrogen-bond acceptors (Lipinski definition) is 4. The molecule has 0 spiro atoms. The topological polar surface area (TPSA) is 63.2 Å². The van der Waals surface area contributed by atoms with Gasteiger partial charge < -0.3 is 15.4 Å². The smallest absolute Gasteiger partial charge is 0.259 e. The number of anilines is 2.